The van der Waals surface area contributed by atoms with Crippen LogP contribution in [-0.4, -0.2) is 35.4 Å². The van der Waals surface area contributed by atoms with Gasteiger partial charge in [-0.15, -0.1) is 0 Å². The Kier molecular flexibility index (Phi) is 7.37. The molecule has 0 unspecified atom stereocenters. The summed E-state index contributed by atoms with van der Waals surface area (Å²) in [6.07, 6.45) is 2.36. The van der Waals surface area contributed by atoms with E-state index in [0.29, 0.717) is 0 Å². The van der Waals surface area contributed by atoms with Crippen LogP contribution >= 0.6 is 0 Å². The van der Waals surface area contributed by atoms with E-state index in [2.05, 4.69) is 75.7 Å². The molecule has 30 heavy (non-hydrogen) atoms. The Balaban J connectivity index is 2.07. The fourth-order valence-electron chi connectivity index (χ4n) is 4.82. The molecular weight excluding hydrogens is 388 g/mol. The first kappa shape index (κ1) is 23.0. The average Bonchev–Trinajstić information content (AvgIpc) is 3.04. The van der Waals surface area contributed by atoms with Gasteiger partial charge < -0.3 is 9.53 Å². The van der Waals surface area contributed by atoms with Crippen LogP contribution in [0.4, 0.5) is 0 Å². The number of aliphatic hydroxyl groups excluding tert-OH is 1. The number of allylic oxidation sites excluding steroid dienone is 1. The van der Waals surface area contributed by atoms with Crippen molar-refractivity contribution in [2.24, 2.45) is 5.92 Å². The lowest BCUT2D eigenvalue weighted by atomic mass is 9.94. The quantitative estimate of drug-likeness (QED) is 0.559. The Bertz CT molecular complexity index is 849. The summed E-state index contributed by atoms with van der Waals surface area (Å²) in [7, 11) is -1.80. The molecule has 4 nitrogen and oxygen atoms in total. The number of hydrogen-bond donors (Lipinski definition) is 1. The largest absolute Gasteiger partial charge is 0.413 e. The van der Waals surface area contributed by atoms with E-state index in [9.17, 15) is 5.11 Å². The van der Waals surface area contributed by atoms with E-state index in [4.69, 9.17) is 9.52 Å². The predicted molar refractivity (Wildman–Crippen MR) is 127 cm³/mol. The number of hydrogen-bond acceptors (Lipinski definition) is 3. The lowest BCUT2D eigenvalue weighted by molar-refractivity contribution is 0.0479. The molecule has 1 aliphatic rings. The highest BCUT2D eigenvalue weighted by Gasteiger charge is 2.40. The van der Waals surface area contributed by atoms with Crippen LogP contribution in [0.25, 0.3) is 5.57 Å². The smallest absolute Gasteiger partial charge is 0.192 e. The maximum atomic E-state index is 11.1. The van der Waals surface area contributed by atoms with Gasteiger partial charge in [0.25, 0.3) is 0 Å². The van der Waals surface area contributed by atoms with Crippen molar-refractivity contribution in [3.05, 3.63) is 59.4 Å². The van der Waals surface area contributed by atoms with Crippen LogP contribution in [0.2, 0.25) is 18.1 Å². The average molecular weight is 427 g/mol. The number of aromatic nitrogens is 2. The van der Waals surface area contributed by atoms with Crippen molar-refractivity contribution in [2.45, 2.75) is 84.3 Å². The molecule has 1 aromatic carbocycles. The Labute approximate surface area is 183 Å². The van der Waals surface area contributed by atoms with Crippen molar-refractivity contribution in [3.63, 3.8) is 0 Å². The molecule has 0 saturated heterocycles. The molecule has 0 radical (unpaired) electrons. The lowest BCUT2D eigenvalue weighted by Gasteiger charge is -2.37. The Morgan fingerprint density at radius 1 is 1.10 bits per heavy atom. The summed E-state index contributed by atoms with van der Waals surface area (Å²) < 4.78 is 9.12. The summed E-state index contributed by atoms with van der Waals surface area (Å²) in [6.45, 7) is 13.1. The van der Waals surface area contributed by atoms with Gasteiger partial charge in [0, 0.05) is 11.6 Å². The molecule has 1 heterocycles. The minimum absolute atomic E-state index is 0.0119. The second kappa shape index (κ2) is 9.63. The van der Waals surface area contributed by atoms with Crippen molar-refractivity contribution in [3.8, 4) is 0 Å². The zero-order valence-corrected chi connectivity index (χ0v) is 20.4. The van der Waals surface area contributed by atoms with E-state index in [1.807, 2.05) is 13.0 Å². The molecule has 1 aromatic heterocycles. The van der Waals surface area contributed by atoms with Crippen LogP contribution in [0.5, 0.6) is 0 Å². The van der Waals surface area contributed by atoms with Crippen LogP contribution in [0.15, 0.2) is 42.5 Å². The number of aliphatic hydroxyl groups is 1. The van der Waals surface area contributed by atoms with Gasteiger partial charge in [-0.1, -0.05) is 58.0 Å². The summed E-state index contributed by atoms with van der Waals surface area (Å²) in [5, 5.41) is 16.0. The molecular formula is C25H38N2O2Si. The van der Waals surface area contributed by atoms with E-state index in [1.54, 1.807) is 0 Å². The summed E-state index contributed by atoms with van der Waals surface area (Å²) in [5.74, 6) is 0.0437. The molecule has 0 bridgehead atoms. The normalized spacial score (nSPS) is 25.1. The Morgan fingerprint density at radius 2 is 1.73 bits per heavy atom. The first-order chi connectivity index (χ1) is 14.3. The van der Waals surface area contributed by atoms with E-state index >= 15 is 0 Å². The topological polar surface area (TPSA) is 47.3 Å². The number of rotatable bonds is 7. The highest BCUT2D eigenvalue weighted by atomic mass is 28.4. The lowest BCUT2D eigenvalue weighted by Crippen LogP contribution is -2.44. The molecule has 4 atom stereocenters. The van der Waals surface area contributed by atoms with Crippen molar-refractivity contribution >= 4 is 13.9 Å². The molecule has 0 fully saturated rings. The zero-order valence-electron chi connectivity index (χ0n) is 19.4. The predicted octanol–water partition coefficient (Wildman–Crippen LogP) is 5.92. The van der Waals surface area contributed by atoms with Crippen LogP contribution < -0.4 is 0 Å². The van der Waals surface area contributed by atoms with Crippen molar-refractivity contribution in [1.82, 2.24) is 9.78 Å². The minimum Gasteiger partial charge on any atom is -0.413 e. The standard InChI is InChI=1S/C25H38N2O2Si/c1-7-30(8-2,9-3)29-25-17-23(27-19(5)15-18(4)26-27)22(16-24(28)20(25)6)21-13-11-10-12-14-21/h10-16,20,23-25,28H,7-9,17H2,1-6H3/t20-,23+,24+,25+/m1/s1. The second-order valence-electron chi connectivity index (χ2n) is 8.86. The third kappa shape index (κ3) is 4.63. The Hall–Kier alpha value is -1.69. The molecule has 0 saturated carbocycles. The van der Waals surface area contributed by atoms with Gasteiger partial charge in [-0.05, 0) is 61.7 Å². The van der Waals surface area contributed by atoms with Gasteiger partial charge >= 0.3 is 0 Å². The van der Waals surface area contributed by atoms with Crippen LogP contribution in [0, 0.1) is 19.8 Å². The molecule has 5 heteroatoms. The van der Waals surface area contributed by atoms with Crippen molar-refractivity contribution in [2.75, 3.05) is 0 Å². The number of nitrogens with zero attached hydrogens (tertiary/aromatic N) is 2. The minimum atomic E-state index is -1.80. The molecule has 164 valence electrons. The third-order valence-electron chi connectivity index (χ3n) is 7.07. The summed E-state index contributed by atoms with van der Waals surface area (Å²) in [6, 6.07) is 15.9. The summed E-state index contributed by atoms with van der Waals surface area (Å²) in [5.41, 5.74) is 4.46. The van der Waals surface area contributed by atoms with Crippen LogP contribution in [-0.2, 0) is 4.43 Å². The molecule has 0 aliphatic heterocycles. The molecule has 3 rings (SSSR count). The first-order valence-electron chi connectivity index (χ1n) is 11.5. The third-order valence-corrected chi connectivity index (χ3v) is 11.7. The highest BCUT2D eigenvalue weighted by Crippen LogP contribution is 2.40. The summed E-state index contributed by atoms with van der Waals surface area (Å²) in [4.78, 5) is 0. The van der Waals surface area contributed by atoms with Crippen molar-refractivity contribution in [1.29, 1.82) is 0 Å². The van der Waals surface area contributed by atoms with Gasteiger partial charge in [0.15, 0.2) is 8.32 Å². The first-order valence-corrected chi connectivity index (χ1v) is 14.0. The fourth-order valence-corrected chi connectivity index (χ4v) is 7.77. The fraction of sp³-hybridized carbons (Fsp3) is 0.560. The second-order valence-corrected chi connectivity index (χ2v) is 13.6. The van der Waals surface area contributed by atoms with Gasteiger partial charge in [-0.25, -0.2) is 0 Å². The number of aryl methyl sites for hydroxylation is 2. The van der Waals surface area contributed by atoms with Gasteiger partial charge in [0.05, 0.1) is 23.9 Å². The molecule has 0 spiro atoms. The van der Waals surface area contributed by atoms with Gasteiger partial charge in [0.2, 0.25) is 0 Å². The molecule has 1 N–H and O–H groups in total. The monoisotopic (exact) mass is 426 g/mol. The van der Waals surface area contributed by atoms with Crippen LogP contribution in [0.3, 0.4) is 0 Å². The SMILES string of the molecule is CC[Si](CC)(CC)O[C@H]1C[C@H](n2nc(C)cc2C)C(c2ccccc2)=C[C@H](O)[C@H]1C. The van der Waals surface area contributed by atoms with Gasteiger partial charge in [-0.2, -0.15) is 5.10 Å². The number of benzene rings is 1. The summed E-state index contributed by atoms with van der Waals surface area (Å²) >= 11 is 0. The molecule has 1 aliphatic carbocycles. The van der Waals surface area contributed by atoms with Gasteiger partial charge in [0.1, 0.15) is 0 Å². The maximum Gasteiger partial charge on any atom is 0.192 e. The molecule has 0 amide bonds. The van der Waals surface area contributed by atoms with E-state index in [-0.39, 0.29) is 18.1 Å². The van der Waals surface area contributed by atoms with E-state index < -0.39 is 14.4 Å². The highest BCUT2D eigenvalue weighted by molar-refractivity contribution is 6.73. The van der Waals surface area contributed by atoms with Crippen molar-refractivity contribution < 1.29 is 9.53 Å². The molecule has 2 aromatic rings. The van der Waals surface area contributed by atoms with Gasteiger partial charge in [-0.3, -0.25) is 4.68 Å². The Morgan fingerprint density at radius 3 is 2.27 bits per heavy atom. The van der Waals surface area contributed by atoms with E-state index in [1.165, 1.54) is 0 Å². The zero-order chi connectivity index (χ0) is 21.9. The van der Waals surface area contributed by atoms with E-state index in [0.717, 1.165) is 47.1 Å². The van der Waals surface area contributed by atoms with Crippen LogP contribution in [0.1, 0.15) is 57.1 Å². The maximum absolute atomic E-state index is 11.1.